The van der Waals surface area contributed by atoms with Gasteiger partial charge in [0.25, 0.3) is 0 Å². The van der Waals surface area contributed by atoms with E-state index in [1.165, 1.54) is 0 Å². The maximum absolute atomic E-state index is 11.3. The zero-order valence-electron chi connectivity index (χ0n) is 11.7. The van der Waals surface area contributed by atoms with Gasteiger partial charge in [0.2, 0.25) is 0 Å². The highest BCUT2D eigenvalue weighted by molar-refractivity contribution is 5.94. The van der Waals surface area contributed by atoms with E-state index in [2.05, 4.69) is 10.3 Å². The van der Waals surface area contributed by atoms with Crippen LogP contribution in [0.2, 0.25) is 0 Å². The van der Waals surface area contributed by atoms with Crippen molar-refractivity contribution in [2.45, 2.75) is 13.8 Å². The Morgan fingerprint density at radius 3 is 2.76 bits per heavy atom. The number of hydrogen-bond acceptors (Lipinski definition) is 5. The van der Waals surface area contributed by atoms with Crippen LogP contribution in [0.15, 0.2) is 30.5 Å². The Kier molecular flexibility index (Phi) is 3.75. The number of aliphatic carboxylic acids is 1. The van der Waals surface area contributed by atoms with Crippen molar-refractivity contribution in [3.05, 3.63) is 40.6 Å². The molecule has 0 aliphatic carbocycles. The van der Waals surface area contributed by atoms with E-state index in [0.717, 1.165) is 0 Å². The number of pyridine rings is 1. The lowest BCUT2D eigenvalue weighted by Gasteiger charge is -2.20. The smallest absolute Gasteiger partial charge is 0.310 e. The summed E-state index contributed by atoms with van der Waals surface area (Å²) in [7, 11) is 0. The molecule has 0 atom stereocenters. The Bertz CT molecular complexity index is 712. The van der Waals surface area contributed by atoms with E-state index >= 15 is 0 Å². The van der Waals surface area contributed by atoms with Gasteiger partial charge in [0.15, 0.2) is 0 Å². The average molecular weight is 289 g/mol. The third kappa shape index (κ3) is 2.91. The number of nitrogens with zero attached hydrogens (tertiary/aromatic N) is 2. The fourth-order valence-electron chi connectivity index (χ4n) is 1.87. The number of nitro benzene ring substituents is 1. The van der Waals surface area contributed by atoms with Crippen molar-refractivity contribution in [3.8, 4) is 0 Å². The number of benzene rings is 1. The van der Waals surface area contributed by atoms with Crippen LogP contribution in [-0.4, -0.2) is 27.5 Å². The van der Waals surface area contributed by atoms with Crippen LogP contribution in [0, 0.1) is 15.5 Å². The van der Waals surface area contributed by atoms with Crippen molar-refractivity contribution < 1.29 is 14.8 Å². The molecule has 2 rings (SSSR count). The summed E-state index contributed by atoms with van der Waals surface area (Å²) in [6.07, 6.45) is 1.56. The van der Waals surface area contributed by atoms with Crippen LogP contribution < -0.4 is 5.32 Å². The predicted octanol–water partition coefficient (Wildman–Crippen LogP) is 2.67. The van der Waals surface area contributed by atoms with Crippen molar-refractivity contribution in [1.82, 2.24) is 4.98 Å². The van der Waals surface area contributed by atoms with Gasteiger partial charge in [0.05, 0.1) is 21.2 Å². The Morgan fingerprint density at radius 1 is 1.43 bits per heavy atom. The third-order valence-corrected chi connectivity index (χ3v) is 3.24. The molecule has 7 nitrogen and oxygen atoms in total. The molecule has 21 heavy (non-hydrogen) atoms. The molecule has 1 heterocycles. The number of fused-ring (bicyclic) bond motifs is 1. The zero-order chi connectivity index (χ0) is 15.6. The number of carbonyl (C=O) groups is 1. The molecule has 2 aromatic rings. The first-order valence-electron chi connectivity index (χ1n) is 6.32. The molecule has 0 radical (unpaired) electrons. The minimum atomic E-state index is -1.03. The second-order valence-corrected chi connectivity index (χ2v) is 5.33. The summed E-state index contributed by atoms with van der Waals surface area (Å²) in [4.78, 5) is 26.0. The molecule has 1 aromatic carbocycles. The molecular weight excluding hydrogens is 274 g/mol. The van der Waals surface area contributed by atoms with Gasteiger partial charge in [0, 0.05) is 12.7 Å². The van der Waals surface area contributed by atoms with Gasteiger partial charge in [-0.05, 0) is 38.1 Å². The van der Waals surface area contributed by atoms with Gasteiger partial charge < -0.3 is 10.4 Å². The highest BCUT2D eigenvalue weighted by Crippen LogP contribution is 2.33. The standard InChI is InChI=1S/C14H15N3O4/c1-14(2,13(18)19)8-16-11-6-5-10-9(4-3-7-15-10)12(11)17(20)21/h3-7,16H,8H2,1-2H3,(H,18,19). The van der Waals surface area contributed by atoms with Gasteiger partial charge in [-0.3, -0.25) is 19.9 Å². The molecule has 0 aliphatic rings. The minimum Gasteiger partial charge on any atom is -0.481 e. The highest BCUT2D eigenvalue weighted by atomic mass is 16.6. The topological polar surface area (TPSA) is 105 Å². The van der Waals surface area contributed by atoms with Gasteiger partial charge in [-0.15, -0.1) is 0 Å². The molecule has 0 aliphatic heterocycles. The molecule has 0 unspecified atom stereocenters. The van der Waals surface area contributed by atoms with E-state index in [-0.39, 0.29) is 17.9 Å². The molecule has 0 amide bonds. The van der Waals surface area contributed by atoms with Crippen LogP contribution in [0.5, 0.6) is 0 Å². The number of carboxylic acids is 1. The largest absolute Gasteiger partial charge is 0.481 e. The third-order valence-electron chi connectivity index (χ3n) is 3.24. The van der Waals surface area contributed by atoms with Gasteiger partial charge in [-0.25, -0.2) is 0 Å². The van der Waals surface area contributed by atoms with Crippen molar-refractivity contribution in [2.24, 2.45) is 5.41 Å². The molecule has 0 saturated carbocycles. The Labute approximate surface area is 120 Å². The van der Waals surface area contributed by atoms with E-state index in [9.17, 15) is 14.9 Å². The number of rotatable bonds is 5. The lowest BCUT2D eigenvalue weighted by atomic mass is 9.94. The van der Waals surface area contributed by atoms with Crippen LogP contribution >= 0.6 is 0 Å². The second kappa shape index (κ2) is 5.35. The van der Waals surface area contributed by atoms with Crippen molar-refractivity contribution >= 4 is 28.2 Å². The average Bonchev–Trinajstić information content (AvgIpc) is 2.43. The number of carboxylic acid groups (broad SMARTS) is 1. The maximum Gasteiger partial charge on any atom is 0.310 e. The van der Waals surface area contributed by atoms with Gasteiger partial charge in [-0.1, -0.05) is 0 Å². The van der Waals surface area contributed by atoms with Crippen molar-refractivity contribution in [2.75, 3.05) is 11.9 Å². The van der Waals surface area contributed by atoms with Crippen LogP contribution in [0.1, 0.15) is 13.8 Å². The molecule has 2 N–H and O–H groups in total. The highest BCUT2D eigenvalue weighted by Gasteiger charge is 2.28. The molecule has 0 fully saturated rings. The van der Waals surface area contributed by atoms with Crippen molar-refractivity contribution in [3.63, 3.8) is 0 Å². The lowest BCUT2D eigenvalue weighted by Crippen LogP contribution is -2.31. The molecular formula is C14H15N3O4. The summed E-state index contributed by atoms with van der Waals surface area (Å²) in [6, 6.07) is 6.46. The molecule has 110 valence electrons. The first-order valence-corrected chi connectivity index (χ1v) is 6.32. The lowest BCUT2D eigenvalue weighted by molar-refractivity contribution is -0.382. The summed E-state index contributed by atoms with van der Waals surface area (Å²) in [5, 5.41) is 23.7. The van der Waals surface area contributed by atoms with Gasteiger partial charge in [0.1, 0.15) is 5.69 Å². The number of anilines is 1. The summed E-state index contributed by atoms with van der Waals surface area (Å²) in [5.74, 6) is -0.972. The summed E-state index contributed by atoms with van der Waals surface area (Å²) in [5.41, 5.74) is -0.318. The SMILES string of the molecule is CC(C)(CNc1ccc2ncccc2c1[N+](=O)[O-])C(=O)O. The number of aromatic nitrogens is 1. The quantitative estimate of drug-likeness (QED) is 0.647. The summed E-state index contributed by atoms with van der Waals surface area (Å²) < 4.78 is 0. The van der Waals surface area contributed by atoms with E-state index < -0.39 is 16.3 Å². The van der Waals surface area contributed by atoms with E-state index in [0.29, 0.717) is 10.9 Å². The number of nitro groups is 1. The van der Waals surface area contributed by atoms with Crippen molar-refractivity contribution in [1.29, 1.82) is 0 Å². The fourth-order valence-corrected chi connectivity index (χ4v) is 1.87. The van der Waals surface area contributed by atoms with Crippen LogP contribution in [0.25, 0.3) is 10.9 Å². The maximum atomic E-state index is 11.3. The monoisotopic (exact) mass is 289 g/mol. The van der Waals surface area contributed by atoms with E-state index in [1.54, 1.807) is 44.3 Å². The van der Waals surface area contributed by atoms with Crippen LogP contribution in [-0.2, 0) is 4.79 Å². The predicted molar refractivity (Wildman–Crippen MR) is 78.3 cm³/mol. The summed E-state index contributed by atoms with van der Waals surface area (Å²) >= 11 is 0. The molecule has 7 heteroatoms. The first kappa shape index (κ1) is 14.7. The number of nitrogens with one attached hydrogen (secondary N) is 1. The zero-order valence-corrected chi connectivity index (χ0v) is 11.7. The van der Waals surface area contributed by atoms with Gasteiger partial charge >= 0.3 is 11.7 Å². The van der Waals surface area contributed by atoms with Gasteiger partial charge in [-0.2, -0.15) is 0 Å². The molecule has 1 aromatic heterocycles. The fraction of sp³-hybridized carbons (Fsp3) is 0.286. The normalized spacial score (nSPS) is 11.3. The Balaban J connectivity index is 2.42. The Hall–Kier alpha value is -2.70. The van der Waals surface area contributed by atoms with Crippen LogP contribution in [0.3, 0.4) is 0 Å². The van der Waals surface area contributed by atoms with E-state index in [1.807, 2.05) is 0 Å². The molecule has 0 bridgehead atoms. The van der Waals surface area contributed by atoms with Crippen LogP contribution in [0.4, 0.5) is 11.4 Å². The first-order chi connectivity index (χ1) is 9.83. The second-order valence-electron chi connectivity index (χ2n) is 5.33. The van der Waals surface area contributed by atoms with E-state index in [4.69, 9.17) is 5.11 Å². The number of hydrogen-bond donors (Lipinski definition) is 2. The minimum absolute atomic E-state index is 0.0783. The summed E-state index contributed by atoms with van der Waals surface area (Å²) in [6.45, 7) is 3.18. The molecule has 0 saturated heterocycles. The molecule has 0 spiro atoms. The Morgan fingerprint density at radius 2 is 2.14 bits per heavy atom.